The fraction of sp³-hybridized carbons (Fsp3) is 0.333. The first-order chi connectivity index (χ1) is 13.8. The molecular formula is C21H21N3O4. The predicted molar refractivity (Wildman–Crippen MR) is 102 cm³/mol. The van der Waals surface area contributed by atoms with E-state index < -0.39 is 5.76 Å². The Balaban J connectivity index is 1.32. The van der Waals surface area contributed by atoms with Gasteiger partial charge in [-0.05, 0) is 54.8 Å². The molecule has 0 spiro atoms. The molecule has 1 fully saturated rings. The van der Waals surface area contributed by atoms with E-state index in [0.717, 1.165) is 36.6 Å². The summed E-state index contributed by atoms with van der Waals surface area (Å²) in [5, 5.41) is 6.16. The van der Waals surface area contributed by atoms with Crippen LogP contribution in [-0.4, -0.2) is 34.9 Å². The maximum absolute atomic E-state index is 11.1. The summed E-state index contributed by atoms with van der Waals surface area (Å²) in [6.45, 7) is 3.14. The van der Waals surface area contributed by atoms with Crippen LogP contribution in [0, 0.1) is 0 Å². The molecule has 2 aliphatic rings. The lowest BCUT2D eigenvalue weighted by Gasteiger charge is -2.26. The van der Waals surface area contributed by atoms with Crippen molar-refractivity contribution in [2.24, 2.45) is 0 Å². The summed E-state index contributed by atoms with van der Waals surface area (Å²) >= 11 is 0. The number of H-pyrrole nitrogens is 1. The largest absolute Gasteiger partial charge is 0.486 e. The van der Waals surface area contributed by atoms with E-state index in [-0.39, 0.29) is 0 Å². The van der Waals surface area contributed by atoms with Crippen molar-refractivity contribution in [3.63, 3.8) is 0 Å². The van der Waals surface area contributed by atoms with E-state index in [4.69, 9.17) is 13.9 Å². The summed E-state index contributed by atoms with van der Waals surface area (Å²) in [5.74, 6) is 1.45. The molecule has 0 amide bonds. The van der Waals surface area contributed by atoms with Crippen LogP contribution in [0.15, 0.2) is 51.7 Å². The van der Waals surface area contributed by atoms with E-state index in [2.05, 4.69) is 39.4 Å². The Morgan fingerprint density at radius 2 is 1.89 bits per heavy atom. The minimum absolute atomic E-state index is 0.312. The number of likely N-dealkylation sites (tertiary alicyclic amines) is 1. The number of benzene rings is 2. The average Bonchev–Trinajstić information content (AvgIpc) is 3.37. The number of aromatic nitrogens is 2. The van der Waals surface area contributed by atoms with Gasteiger partial charge in [-0.3, -0.25) is 4.90 Å². The number of hydrogen-bond acceptors (Lipinski definition) is 6. The minimum Gasteiger partial charge on any atom is -0.486 e. The zero-order chi connectivity index (χ0) is 18.9. The van der Waals surface area contributed by atoms with Crippen molar-refractivity contribution in [1.29, 1.82) is 0 Å². The lowest BCUT2D eigenvalue weighted by Crippen LogP contribution is -2.23. The molecule has 7 nitrogen and oxygen atoms in total. The van der Waals surface area contributed by atoms with Crippen LogP contribution in [0.25, 0.3) is 11.5 Å². The number of ether oxygens (including phenoxy) is 2. The molecule has 0 bridgehead atoms. The van der Waals surface area contributed by atoms with Crippen LogP contribution < -0.4 is 15.2 Å². The van der Waals surface area contributed by atoms with Crippen LogP contribution in [0.2, 0.25) is 0 Å². The van der Waals surface area contributed by atoms with Gasteiger partial charge in [0.25, 0.3) is 0 Å². The second-order valence-corrected chi connectivity index (χ2v) is 7.15. The van der Waals surface area contributed by atoms with E-state index in [1.165, 1.54) is 17.5 Å². The first-order valence-corrected chi connectivity index (χ1v) is 9.55. The van der Waals surface area contributed by atoms with Gasteiger partial charge in [0, 0.05) is 18.2 Å². The van der Waals surface area contributed by atoms with E-state index >= 15 is 0 Å². The summed E-state index contributed by atoms with van der Waals surface area (Å²) in [7, 11) is 0. The number of nitrogens with one attached hydrogen (secondary N) is 1. The van der Waals surface area contributed by atoms with Gasteiger partial charge in [-0.15, -0.1) is 5.10 Å². The average molecular weight is 379 g/mol. The van der Waals surface area contributed by atoms with Gasteiger partial charge in [0.05, 0.1) is 0 Å². The van der Waals surface area contributed by atoms with Gasteiger partial charge in [-0.1, -0.05) is 18.2 Å². The number of hydrogen-bond donors (Lipinski definition) is 1. The molecule has 1 N–H and O–H groups in total. The summed E-state index contributed by atoms with van der Waals surface area (Å²) in [5.41, 5.74) is 3.27. The maximum Gasteiger partial charge on any atom is 0.434 e. The van der Waals surface area contributed by atoms with Crippen molar-refractivity contribution in [2.75, 3.05) is 19.8 Å². The van der Waals surface area contributed by atoms with Crippen molar-refractivity contribution in [1.82, 2.24) is 15.1 Å². The van der Waals surface area contributed by atoms with Crippen molar-refractivity contribution in [2.45, 2.75) is 25.4 Å². The molecule has 3 heterocycles. The lowest BCUT2D eigenvalue weighted by molar-refractivity contribution is 0.170. The van der Waals surface area contributed by atoms with Crippen molar-refractivity contribution in [3.8, 4) is 23.0 Å². The number of nitrogens with zero attached hydrogens (tertiary/aromatic N) is 2. The molecule has 0 unspecified atom stereocenters. The quantitative estimate of drug-likeness (QED) is 0.750. The highest BCUT2D eigenvalue weighted by atomic mass is 16.6. The summed E-state index contributed by atoms with van der Waals surface area (Å²) in [4.78, 5) is 13.6. The zero-order valence-corrected chi connectivity index (χ0v) is 15.4. The van der Waals surface area contributed by atoms with Gasteiger partial charge in [0.15, 0.2) is 11.5 Å². The Bertz CT molecular complexity index is 1020. The van der Waals surface area contributed by atoms with Gasteiger partial charge in [0.1, 0.15) is 13.2 Å². The van der Waals surface area contributed by atoms with E-state index in [9.17, 15) is 4.79 Å². The molecular weight excluding hydrogens is 358 g/mol. The minimum atomic E-state index is -0.543. The molecule has 1 saturated heterocycles. The van der Waals surface area contributed by atoms with Crippen LogP contribution >= 0.6 is 0 Å². The molecule has 0 saturated carbocycles. The van der Waals surface area contributed by atoms with Crippen LogP contribution in [-0.2, 0) is 6.54 Å². The van der Waals surface area contributed by atoms with Crippen LogP contribution in [0.5, 0.6) is 11.5 Å². The third-order valence-electron chi connectivity index (χ3n) is 5.34. The molecule has 0 aliphatic carbocycles. The molecule has 7 heteroatoms. The fourth-order valence-corrected chi connectivity index (χ4v) is 4.00. The van der Waals surface area contributed by atoms with E-state index in [1.807, 2.05) is 18.2 Å². The summed E-state index contributed by atoms with van der Waals surface area (Å²) in [6.07, 6.45) is 2.31. The Labute approximate surface area is 161 Å². The normalized spacial score (nSPS) is 19.1. The molecule has 0 radical (unpaired) electrons. The second-order valence-electron chi connectivity index (χ2n) is 7.15. The Morgan fingerprint density at radius 1 is 1.07 bits per heavy atom. The highest BCUT2D eigenvalue weighted by Gasteiger charge is 2.27. The molecule has 3 aromatic rings. The standard InChI is InChI=1S/C21H21N3O4/c25-21-23-22-20(28-21)15-5-3-14(4-6-15)13-24-9-1-2-17(24)16-7-8-18-19(12-16)27-11-10-26-18/h3-8,12,17H,1-2,9-11,13H2,(H,23,25)/t17-/m0/s1. The number of rotatable bonds is 4. The lowest BCUT2D eigenvalue weighted by atomic mass is 10.0. The predicted octanol–water partition coefficient (Wildman–Crippen LogP) is 3.14. The molecule has 144 valence electrons. The number of aromatic amines is 1. The van der Waals surface area contributed by atoms with Crippen LogP contribution in [0.3, 0.4) is 0 Å². The summed E-state index contributed by atoms with van der Waals surface area (Å²) in [6, 6.07) is 14.7. The van der Waals surface area contributed by atoms with E-state index in [0.29, 0.717) is 25.1 Å². The maximum atomic E-state index is 11.1. The first-order valence-electron chi connectivity index (χ1n) is 9.55. The fourth-order valence-electron chi connectivity index (χ4n) is 4.00. The monoisotopic (exact) mass is 379 g/mol. The topological polar surface area (TPSA) is 80.6 Å². The third-order valence-corrected chi connectivity index (χ3v) is 5.34. The highest BCUT2D eigenvalue weighted by Crippen LogP contribution is 2.38. The Morgan fingerprint density at radius 3 is 2.68 bits per heavy atom. The van der Waals surface area contributed by atoms with Crippen molar-refractivity contribution >= 4 is 0 Å². The Hall–Kier alpha value is -3.06. The van der Waals surface area contributed by atoms with Crippen molar-refractivity contribution in [3.05, 3.63) is 64.1 Å². The first kappa shape index (κ1) is 17.1. The van der Waals surface area contributed by atoms with Crippen molar-refractivity contribution < 1.29 is 13.9 Å². The van der Waals surface area contributed by atoms with Gasteiger partial charge in [-0.2, -0.15) is 0 Å². The molecule has 2 aromatic carbocycles. The van der Waals surface area contributed by atoms with Crippen LogP contribution in [0.1, 0.15) is 30.0 Å². The molecule has 28 heavy (non-hydrogen) atoms. The third kappa shape index (κ3) is 3.29. The Kier molecular flexibility index (Phi) is 4.37. The molecule has 1 atom stereocenters. The summed E-state index contributed by atoms with van der Waals surface area (Å²) < 4.78 is 16.4. The second kappa shape index (κ2) is 7.16. The van der Waals surface area contributed by atoms with Gasteiger partial charge < -0.3 is 13.9 Å². The van der Waals surface area contributed by atoms with Crippen LogP contribution in [0.4, 0.5) is 0 Å². The molecule has 1 aromatic heterocycles. The van der Waals surface area contributed by atoms with Gasteiger partial charge >= 0.3 is 5.76 Å². The molecule has 2 aliphatic heterocycles. The van der Waals surface area contributed by atoms with E-state index in [1.54, 1.807) is 0 Å². The highest BCUT2D eigenvalue weighted by molar-refractivity contribution is 5.52. The SMILES string of the molecule is O=c1[nH]nc(-c2ccc(CN3CCC[C@H]3c3ccc4c(c3)OCCO4)cc2)o1. The zero-order valence-electron chi connectivity index (χ0n) is 15.4. The van der Waals surface area contributed by atoms with Gasteiger partial charge in [-0.25, -0.2) is 9.89 Å². The molecule has 5 rings (SSSR count). The number of fused-ring (bicyclic) bond motifs is 1. The van der Waals surface area contributed by atoms with Gasteiger partial charge in [0.2, 0.25) is 5.89 Å². The smallest absolute Gasteiger partial charge is 0.434 e.